The van der Waals surface area contributed by atoms with Crippen molar-refractivity contribution in [3.63, 3.8) is 0 Å². The van der Waals surface area contributed by atoms with E-state index in [4.69, 9.17) is 10.5 Å². The summed E-state index contributed by atoms with van der Waals surface area (Å²) < 4.78 is 31.5. The number of anilines is 1. The lowest BCUT2D eigenvalue weighted by atomic mass is 10.1. The number of hydrogen-bond donors (Lipinski definition) is 2. The van der Waals surface area contributed by atoms with E-state index in [-0.39, 0.29) is 27.5 Å². The molecule has 2 aromatic rings. The lowest BCUT2D eigenvalue weighted by Crippen LogP contribution is -2.23. The maximum atomic E-state index is 12.5. The first-order chi connectivity index (χ1) is 12.7. The summed E-state index contributed by atoms with van der Waals surface area (Å²) in [5.41, 5.74) is 5.91. The van der Waals surface area contributed by atoms with Gasteiger partial charge in [-0.2, -0.15) is 0 Å². The highest BCUT2D eigenvalue weighted by atomic mass is 32.2. The Kier molecular flexibility index (Phi) is 6.19. The largest absolute Gasteiger partial charge is 0.492 e. The molecule has 2 amide bonds. The van der Waals surface area contributed by atoms with E-state index < -0.39 is 21.8 Å². The predicted octanol–water partition coefficient (Wildman–Crippen LogP) is 1.69. The summed E-state index contributed by atoms with van der Waals surface area (Å²) in [6.45, 7) is 2.04. The van der Waals surface area contributed by atoms with Gasteiger partial charge in [-0.05, 0) is 43.3 Å². The van der Waals surface area contributed by atoms with E-state index in [1.165, 1.54) is 56.6 Å². The van der Waals surface area contributed by atoms with Crippen molar-refractivity contribution in [2.75, 3.05) is 26.0 Å². The van der Waals surface area contributed by atoms with Crippen LogP contribution in [0.3, 0.4) is 0 Å². The molecule has 2 aromatic carbocycles. The van der Waals surface area contributed by atoms with Crippen molar-refractivity contribution in [1.29, 1.82) is 0 Å². The molecule has 0 fully saturated rings. The lowest BCUT2D eigenvalue weighted by molar-refractivity contribution is 0.1000. The first-order valence-electron chi connectivity index (χ1n) is 8.07. The number of sulfonamides is 1. The molecule has 0 radical (unpaired) electrons. The van der Waals surface area contributed by atoms with Crippen molar-refractivity contribution in [3.05, 3.63) is 53.6 Å². The van der Waals surface area contributed by atoms with E-state index in [1.807, 2.05) is 0 Å². The summed E-state index contributed by atoms with van der Waals surface area (Å²) in [5.74, 6) is -0.958. The molecule has 0 spiro atoms. The molecule has 0 unspecified atom stereocenters. The van der Waals surface area contributed by atoms with E-state index in [9.17, 15) is 18.0 Å². The van der Waals surface area contributed by atoms with Gasteiger partial charge in [0, 0.05) is 30.9 Å². The number of nitrogens with one attached hydrogen (secondary N) is 1. The van der Waals surface area contributed by atoms with Gasteiger partial charge in [0.15, 0.2) is 0 Å². The van der Waals surface area contributed by atoms with Crippen LogP contribution in [0.25, 0.3) is 0 Å². The number of nitrogens with zero attached hydrogens (tertiary/aromatic N) is 1. The zero-order chi connectivity index (χ0) is 20.2. The van der Waals surface area contributed by atoms with Crippen molar-refractivity contribution >= 4 is 27.5 Å². The van der Waals surface area contributed by atoms with Gasteiger partial charge in [-0.3, -0.25) is 9.59 Å². The molecule has 0 aliphatic heterocycles. The van der Waals surface area contributed by atoms with Gasteiger partial charge in [-0.1, -0.05) is 6.07 Å². The summed E-state index contributed by atoms with van der Waals surface area (Å²) in [5, 5.41) is 2.62. The second-order valence-corrected chi connectivity index (χ2v) is 7.90. The number of ether oxygens (including phenoxy) is 1. The van der Waals surface area contributed by atoms with Crippen LogP contribution in [0.15, 0.2) is 47.4 Å². The average Bonchev–Trinajstić information content (AvgIpc) is 2.63. The molecule has 0 aliphatic rings. The number of carbonyl (C=O) groups excluding carboxylic acids is 2. The third-order valence-electron chi connectivity index (χ3n) is 3.67. The van der Waals surface area contributed by atoms with E-state index in [0.717, 1.165) is 4.31 Å². The minimum Gasteiger partial charge on any atom is -0.492 e. The van der Waals surface area contributed by atoms with Gasteiger partial charge in [0.25, 0.3) is 5.91 Å². The predicted molar refractivity (Wildman–Crippen MR) is 101 cm³/mol. The highest BCUT2D eigenvalue weighted by molar-refractivity contribution is 7.89. The Labute approximate surface area is 158 Å². The number of primary amides is 1. The van der Waals surface area contributed by atoms with E-state index in [2.05, 4.69) is 5.32 Å². The minimum atomic E-state index is -3.77. The molecule has 0 aliphatic carbocycles. The smallest absolute Gasteiger partial charge is 0.255 e. The Hall–Kier alpha value is -2.91. The normalized spacial score (nSPS) is 11.3. The fraction of sp³-hybridized carbons (Fsp3) is 0.222. The molecule has 3 N–H and O–H groups in total. The maximum Gasteiger partial charge on any atom is 0.255 e. The molecule has 2 rings (SSSR count). The Balaban J connectivity index is 2.38. The first kappa shape index (κ1) is 20.4. The summed E-state index contributed by atoms with van der Waals surface area (Å²) in [4.78, 5) is 23.6. The van der Waals surface area contributed by atoms with Crippen molar-refractivity contribution in [2.24, 2.45) is 5.73 Å². The number of amides is 2. The quantitative estimate of drug-likeness (QED) is 0.744. The highest BCUT2D eigenvalue weighted by Gasteiger charge is 2.23. The standard InChI is InChI=1S/C18H21N3O5S/c1-4-26-15-9-8-14(11-16(15)27(24,25)21(2)3)20-18(23)13-7-5-6-12(10-13)17(19)22/h5-11H,4H2,1-3H3,(H2,19,22)(H,20,23). The number of nitrogens with two attached hydrogens (primary N) is 1. The van der Waals surface area contributed by atoms with E-state index in [0.29, 0.717) is 6.61 Å². The van der Waals surface area contributed by atoms with Crippen LogP contribution in [-0.4, -0.2) is 45.2 Å². The van der Waals surface area contributed by atoms with Crippen molar-refractivity contribution in [3.8, 4) is 5.75 Å². The van der Waals surface area contributed by atoms with Crippen LogP contribution in [0.2, 0.25) is 0 Å². The molecule has 144 valence electrons. The Bertz CT molecular complexity index is 971. The third-order valence-corrected chi connectivity index (χ3v) is 5.51. The van der Waals surface area contributed by atoms with Crippen molar-refractivity contribution < 1.29 is 22.7 Å². The molecule has 0 aromatic heterocycles. The SMILES string of the molecule is CCOc1ccc(NC(=O)c2cccc(C(N)=O)c2)cc1S(=O)(=O)N(C)C. The molecule has 8 nitrogen and oxygen atoms in total. The second-order valence-electron chi connectivity index (χ2n) is 5.78. The molecule has 0 saturated heterocycles. The average molecular weight is 391 g/mol. The second kappa shape index (κ2) is 8.19. The number of carbonyl (C=O) groups is 2. The molecule has 0 heterocycles. The van der Waals surface area contributed by atoms with Gasteiger partial charge >= 0.3 is 0 Å². The van der Waals surface area contributed by atoms with Crippen LogP contribution in [0.1, 0.15) is 27.6 Å². The molecule has 0 atom stereocenters. The lowest BCUT2D eigenvalue weighted by Gasteiger charge is -2.16. The fourth-order valence-electron chi connectivity index (χ4n) is 2.28. The Morgan fingerprint density at radius 3 is 2.37 bits per heavy atom. The van der Waals surface area contributed by atoms with Crippen molar-refractivity contribution in [2.45, 2.75) is 11.8 Å². The highest BCUT2D eigenvalue weighted by Crippen LogP contribution is 2.29. The molecular weight excluding hydrogens is 370 g/mol. The minimum absolute atomic E-state index is 0.0574. The van der Waals surface area contributed by atoms with Gasteiger partial charge in [-0.25, -0.2) is 12.7 Å². The van der Waals surface area contributed by atoms with E-state index >= 15 is 0 Å². The van der Waals surface area contributed by atoms with Crippen LogP contribution in [0.4, 0.5) is 5.69 Å². The maximum absolute atomic E-state index is 12.5. The third kappa shape index (κ3) is 4.63. The number of hydrogen-bond acceptors (Lipinski definition) is 5. The topological polar surface area (TPSA) is 119 Å². The van der Waals surface area contributed by atoms with Gasteiger partial charge in [0.05, 0.1) is 6.61 Å². The van der Waals surface area contributed by atoms with Crippen LogP contribution >= 0.6 is 0 Å². The van der Waals surface area contributed by atoms with Crippen LogP contribution in [0, 0.1) is 0 Å². The van der Waals surface area contributed by atoms with Crippen molar-refractivity contribution in [1.82, 2.24) is 4.31 Å². The summed E-state index contributed by atoms with van der Waals surface area (Å²) in [7, 11) is -0.958. The summed E-state index contributed by atoms with van der Waals surface area (Å²) in [6, 6.07) is 10.3. The molecule has 9 heteroatoms. The van der Waals surface area contributed by atoms with Crippen LogP contribution < -0.4 is 15.8 Å². The zero-order valence-corrected chi connectivity index (χ0v) is 16.0. The first-order valence-corrected chi connectivity index (χ1v) is 9.51. The number of rotatable bonds is 7. The molecule has 0 bridgehead atoms. The zero-order valence-electron chi connectivity index (χ0n) is 15.2. The monoisotopic (exact) mass is 391 g/mol. The van der Waals surface area contributed by atoms with E-state index in [1.54, 1.807) is 6.92 Å². The molecule has 27 heavy (non-hydrogen) atoms. The van der Waals surface area contributed by atoms with Gasteiger partial charge < -0.3 is 15.8 Å². The summed E-state index contributed by atoms with van der Waals surface area (Å²) in [6.07, 6.45) is 0. The van der Waals surface area contributed by atoms with Crippen LogP contribution in [-0.2, 0) is 10.0 Å². The molecular formula is C18H21N3O5S. The van der Waals surface area contributed by atoms with Gasteiger partial charge in [-0.15, -0.1) is 0 Å². The van der Waals surface area contributed by atoms with Gasteiger partial charge in [0.1, 0.15) is 10.6 Å². The Morgan fingerprint density at radius 1 is 1.11 bits per heavy atom. The van der Waals surface area contributed by atoms with Crippen LogP contribution in [0.5, 0.6) is 5.75 Å². The Morgan fingerprint density at radius 2 is 1.78 bits per heavy atom. The summed E-state index contributed by atoms with van der Waals surface area (Å²) >= 11 is 0. The molecule has 0 saturated carbocycles. The fourth-order valence-corrected chi connectivity index (χ4v) is 3.33. The number of benzene rings is 2. The van der Waals surface area contributed by atoms with Gasteiger partial charge in [0.2, 0.25) is 15.9 Å².